The summed E-state index contributed by atoms with van der Waals surface area (Å²) >= 11 is 1.84. The van der Waals surface area contributed by atoms with Crippen LogP contribution in [0.25, 0.3) is 22.4 Å². The molecule has 1 aromatic heterocycles. The molecule has 1 fully saturated rings. The van der Waals surface area contributed by atoms with E-state index in [9.17, 15) is 5.11 Å². The van der Waals surface area contributed by atoms with E-state index in [0.717, 1.165) is 73.3 Å². The predicted octanol–water partition coefficient (Wildman–Crippen LogP) is 4.99. The number of morpholine rings is 1. The van der Waals surface area contributed by atoms with Crippen molar-refractivity contribution >= 4 is 17.6 Å². The lowest BCUT2D eigenvalue weighted by molar-refractivity contribution is 0.0398. The zero-order valence-corrected chi connectivity index (χ0v) is 20.0. The van der Waals surface area contributed by atoms with Gasteiger partial charge in [0.25, 0.3) is 0 Å². The number of rotatable bonds is 9. The van der Waals surface area contributed by atoms with Crippen molar-refractivity contribution in [1.82, 2.24) is 9.88 Å². The zero-order valence-electron chi connectivity index (χ0n) is 19.2. The Kier molecular flexibility index (Phi) is 8.10. The number of nitrogens with zero attached hydrogens (tertiary/aromatic N) is 2. The molecule has 33 heavy (non-hydrogen) atoms. The Morgan fingerprint density at radius 2 is 1.79 bits per heavy atom. The third kappa shape index (κ3) is 6.19. The molecule has 1 saturated heterocycles. The van der Waals surface area contributed by atoms with E-state index >= 15 is 0 Å². The van der Waals surface area contributed by atoms with Crippen molar-refractivity contribution in [1.29, 1.82) is 0 Å². The van der Waals surface area contributed by atoms with Crippen molar-refractivity contribution in [3.63, 3.8) is 0 Å². The molecular weight excluding hydrogens is 434 g/mol. The molecule has 4 rings (SSSR count). The van der Waals surface area contributed by atoms with Crippen LogP contribution in [0.5, 0.6) is 11.5 Å². The largest absolute Gasteiger partial charge is 0.504 e. The standard InChI is InChI=1S/C26H31N3O3S/c1-3-33-22-7-4-19(5-8-22)21-16-23(20-6-9-24(30)25(17-20)31-2)28-26(18-21)27-10-11-29-12-14-32-15-13-29/h4-9,16-18,30H,3,10-15H2,1-2H3,(H,27,28). The zero-order chi connectivity index (χ0) is 23.0. The lowest BCUT2D eigenvalue weighted by atomic mass is 10.0. The topological polar surface area (TPSA) is 66.9 Å². The number of pyridine rings is 1. The van der Waals surface area contributed by atoms with Crippen molar-refractivity contribution in [2.75, 3.05) is 57.6 Å². The molecule has 0 radical (unpaired) electrons. The first-order valence-electron chi connectivity index (χ1n) is 11.3. The van der Waals surface area contributed by atoms with Gasteiger partial charge in [0.2, 0.25) is 0 Å². The van der Waals surface area contributed by atoms with Crippen LogP contribution in [0.4, 0.5) is 5.82 Å². The summed E-state index contributed by atoms with van der Waals surface area (Å²) in [4.78, 5) is 8.53. The fourth-order valence-corrected chi connectivity index (χ4v) is 4.51. The molecule has 0 spiro atoms. The summed E-state index contributed by atoms with van der Waals surface area (Å²) in [6.07, 6.45) is 0. The van der Waals surface area contributed by atoms with Gasteiger partial charge in [0.05, 0.1) is 26.0 Å². The molecule has 7 heteroatoms. The summed E-state index contributed by atoms with van der Waals surface area (Å²) in [5, 5.41) is 13.5. The molecular formula is C26H31N3O3S. The van der Waals surface area contributed by atoms with E-state index in [2.05, 4.69) is 53.5 Å². The van der Waals surface area contributed by atoms with Crippen molar-refractivity contribution in [2.45, 2.75) is 11.8 Å². The molecule has 0 aliphatic carbocycles. The predicted molar refractivity (Wildman–Crippen MR) is 135 cm³/mol. The second kappa shape index (κ2) is 11.4. The van der Waals surface area contributed by atoms with Crippen LogP contribution in [0, 0.1) is 0 Å². The Balaban J connectivity index is 1.61. The fourth-order valence-electron chi connectivity index (χ4n) is 3.85. The molecule has 6 nitrogen and oxygen atoms in total. The monoisotopic (exact) mass is 465 g/mol. The summed E-state index contributed by atoms with van der Waals surface area (Å²) in [7, 11) is 1.55. The van der Waals surface area contributed by atoms with Gasteiger partial charge in [0.15, 0.2) is 11.5 Å². The molecule has 1 aliphatic rings. The molecule has 2 heterocycles. The number of phenolic OH excluding ortho intramolecular Hbond substituents is 1. The molecule has 174 valence electrons. The molecule has 0 saturated carbocycles. The van der Waals surface area contributed by atoms with Crippen LogP contribution in [-0.4, -0.2) is 67.2 Å². The Morgan fingerprint density at radius 3 is 2.52 bits per heavy atom. The second-order valence-corrected chi connectivity index (χ2v) is 9.19. The van der Waals surface area contributed by atoms with Gasteiger partial charge >= 0.3 is 0 Å². The van der Waals surface area contributed by atoms with Gasteiger partial charge in [-0.15, -0.1) is 11.8 Å². The smallest absolute Gasteiger partial charge is 0.161 e. The number of benzene rings is 2. The Bertz CT molecular complexity index is 1050. The van der Waals surface area contributed by atoms with Crippen molar-refractivity contribution in [2.24, 2.45) is 0 Å². The van der Waals surface area contributed by atoms with E-state index in [-0.39, 0.29) is 5.75 Å². The van der Waals surface area contributed by atoms with E-state index in [1.54, 1.807) is 13.2 Å². The van der Waals surface area contributed by atoms with E-state index in [1.165, 1.54) is 4.90 Å². The lowest BCUT2D eigenvalue weighted by Gasteiger charge is -2.26. The highest BCUT2D eigenvalue weighted by molar-refractivity contribution is 7.99. The van der Waals surface area contributed by atoms with Crippen molar-refractivity contribution < 1.29 is 14.6 Å². The van der Waals surface area contributed by atoms with E-state index in [4.69, 9.17) is 14.5 Å². The van der Waals surface area contributed by atoms with Gasteiger partial charge in [-0.25, -0.2) is 4.98 Å². The van der Waals surface area contributed by atoms with Gasteiger partial charge in [-0.1, -0.05) is 19.1 Å². The second-order valence-electron chi connectivity index (χ2n) is 7.85. The highest BCUT2D eigenvalue weighted by Crippen LogP contribution is 2.34. The Morgan fingerprint density at radius 1 is 1.03 bits per heavy atom. The van der Waals surface area contributed by atoms with E-state index in [0.29, 0.717) is 5.75 Å². The minimum atomic E-state index is 0.116. The van der Waals surface area contributed by atoms with Crippen LogP contribution in [0.1, 0.15) is 6.92 Å². The van der Waals surface area contributed by atoms with Gasteiger partial charge in [-0.3, -0.25) is 4.90 Å². The van der Waals surface area contributed by atoms with Crippen molar-refractivity contribution in [3.8, 4) is 33.9 Å². The number of hydrogen-bond acceptors (Lipinski definition) is 7. The number of methoxy groups -OCH3 is 1. The molecule has 1 aliphatic heterocycles. The third-order valence-electron chi connectivity index (χ3n) is 5.64. The van der Waals surface area contributed by atoms with Crippen LogP contribution in [0.15, 0.2) is 59.5 Å². The number of anilines is 1. The molecule has 0 atom stereocenters. The van der Waals surface area contributed by atoms with E-state index in [1.807, 2.05) is 23.9 Å². The molecule has 0 unspecified atom stereocenters. The van der Waals surface area contributed by atoms with Crippen LogP contribution in [0.2, 0.25) is 0 Å². The summed E-state index contributed by atoms with van der Waals surface area (Å²) in [6, 6.07) is 18.2. The quantitative estimate of drug-likeness (QED) is 0.432. The first kappa shape index (κ1) is 23.4. The summed E-state index contributed by atoms with van der Waals surface area (Å²) < 4.78 is 10.7. The van der Waals surface area contributed by atoms with Crippen LogP contribution >= 0.6 is 11.8 Å². The number of phenols is 1. The van der Waals surface area contributed by atoms with Crippen LogP contribution in [-0.2, 0) is 4.74 Å². The first-order valence-corrected chi connectivity index (χ1v) is 12.3. The maximum absolute atomic E-state index is 10.0. The van der Waals surface area contributed by atoms with Gasteiger partial charge in [-0.2, -0.15) is 0 Å². The molecule has 2 N–H and O–H groups in total. The molecule has 0 amide bonds. The minimum absolute atomic E-state index is 0.116. The highest BCUT2D eigenvalue weighted by atomic mass is 32.2. The summed E-state index contributed by atoms with van der Waals surface area (Å²) in [5.41, 5.74) is 3.95. The summed E-state index contributed by atoms with van der Waals surface area (Å²) in [5.74, 6) is 2.43. The number of nitrogens with one attached hydrogen (secondary N) is 1. The fraction of sp³-hybridized carbons (Fsp3) is 0.346. The number of ether oxygens (including phenoxy) is 2. The number of thioether (sulfide) groups is 1. The minimum Gasteiger partial charge on any atom is -0.504 e. The normalized spacial score (nSPS) is 14.2. The molecule has 3 aromatic rings. The molecule has 2 aromatic carbocycles. The van der Waals surface area contributed by atoms with Crippen LogP contribution < -0.4 is 10.1 Å². The van der Waals surface area contributed by atoms with E-state index < -0.39 is 0 Å². The maximum Gasteiger partial charge on any atom is 0.161 e. The van der Waals surface area contributed by atoms with Gasteiger partial charge in [-0.05, 0) is 59.3 Å². The number of aromatic hydroxyl groups is 1. The highest BCUT2D eigenvalue weighted by Gasteiger charge is 2.12. The summed E-state index contributed by atoms with van der Waals surface area (Å²) in [6.45, 7) is 7.45. The lowest BCUT2D eigenvalue weighted by Crippen LogP contribution is -2.39. The van der Waals surface area contributed by atoms with Gasteiger partial charge in [0, 0.05) is 36.6 Å². The Hall–Kier alpha value is -2.74. The molecule has 0 bridgehead atoms. The maximum atomic E-state index is 10.0. The first-order chi connectivity index (χ1) is 16.2. The van der Waals surface area contributed by atoms with Gasteiger partial charge in [0.1, 0.15) is 5.82 Å². The van der Waals surface area contributed by atoms with Crippen molar-refractivity contribution in [3.05, 3.63) is 54.6 Å². The Labute approximate surface area is 199 Å². The van der Waals surface area contributed by atoms with Gasteiger partial charge < -0.3 is 19.9 Å². The number of aromatic nitrogens is 1. The SMILES string of the molecule is CCSc1ccc(-c2cc(NCCN3CCOCC3)nc(-c3ccc(O)c(OC)c3)c2)cc1. The average molecular weight is 466 g/mol. The van der Waals surface area contributed by atoms with Crippen LogP contribution in [0.3, 0.4) is 0 Å². The average Bonchev–Trinajstić information content (AvgIpc) is 2.85. The number of hydrogen-bond donors (Lipinski definition) is 2. The third-order valence-corrected chi connectivity index (χ3v) is 6.53.